The van der Waals surface area contributed by atoms with Gasteiger partial charge in [0.05, 0.1) is 16.3 Å². The molecule has 0 radical (unpaired) electrons. The Kier molecular flexibility index (Phi) is 5.19. The van der Waals surface area contributed by atoms with Crippen molar-refractivity contribution >= 4 is 17.3 Å². The Morgan fingerprint density at radius 2 is 1.85 bits per heavy atom. The van der Waals surface area contributed by atoms with Crippen LogP contribution in [0.1, 0.15) is 44.1 Å². The molecule has 0 aliphatic heterocycles. The average Bonchev–Trinajstić information content (AvgIpc) is 2.40. The molecule has 0 bridgehead atoms. The standard InChI is InChI=1S/C15H19ClF3N/c16-13-10-12(15(17,18)19)6-7-14(13)20-9-8-11-4-2-1-3-5-11/h6-7,10-11,20H,1-5,8-9H2. The van der Waals surface area contributed by atoms with Gasteiger partial charge in [0.1, 0.15) is 0 Å². The Bertz CT molecular complexity index is 439. The molecule has 0 saturated heterocycles. The lowest BCUT2D eigenvalue weighted by Crippen LogP contribution is -2.12. The Balaban J connectivity index is 1.86. The summed E-state index contributed by atoms with van der Waals surface area (Å²) in [5.41, 5.74) is -0.129. The van der Waals surface area contributed by atoms with E-state index in [1.165, 1.54) is 38.2 Å². The Labute approximate surface area is 122 Å². The smallest absolute Gasteiger partial charge is 0.384 e. The molecule has 2 rings (SSSR count). The zero-order chi connectivity index (χ0) is 14.6. The van der Waals surface area contributed by atoms with Crippen LogP contribution in [0.5, 0.6) is 0 Å². The number of hydrogen-bond donors (Lipinski definition) is 1. The van der Waals surface area contributed by atoms with E-state index in [0.29, 0.717) is 5.69 Å². The van der Waals surface area contributed by atoms with Gasteiger partial charge in [0.2, 0.25) is 0 Å². The van der Waals surface area contributed by atoms with E-state index in [2.05, 4.69) is 5.32 Å². The largest absolute Gasteiger partial charge is 0.416 e. The quantitative estimate of drug-likeness (QED) is 0.747. The summed E-state index contributed by atoms with van der Waals surface area (Å²) in [5, 5.41) is 3.27. The lowest BCUT2D eigenvalue weighted by molar-refractivity contribution is -0.137. The molecule has 0 amide bonds. The highest BCUT2D eigenvalue weighted by molar-refractivity contribution is 6.33. The summed E-state index contributed by atoms with van der Waals surface area (Å²) in [6, 6.07) is 3.45. The topological polar surface area (TPSA) is 12.0 Å². The van der Waals surface area contributed by atoms with Gasteiger partial charge in [0.25, 0.3) is 0 Å². The minimum absolute atomic E-state index is 0.128. The molecule has 0 atom stereocenters. The number of hydrogen-bond acceptors (Lipinski definition) is 1. The second-order valence-corrected chi connectivity index (χ2v) is 5.82. The van der Waals surface area contributed by atoms with E-state index in [1.807, 2.05) is 0 Å². The third kappa shape index (κ3) is 4.30. The molecular formula is C15H19ClF3N. The van der Waals surface area contributed by atoms with Gasteiger partial charge in [0, 0.05) is 6.54 Å². The molecule has 0 unspecified atom stereocenters. The minimum Gasteiger partial charge on any atom is -0.384 e. The summed E-state index contributed by atoms with van der Waals surface area (Å²) in [6.07, 6.45) is 3.17. The zero-order valence-electron chi connectivity index (χ0n) is 11.3. The maximum atomic E-state index is 12.5. The molecule has 1 N–H and O–H groups in total. The van der Waals surface area contributed by atoms with Crippen LogP contribution >= 0.6 is 11.6 Å². The molecule has 1 aliphatic carbocycles. The Morgan fingerprint density at radius 1 is 1.15 bits per heavy atom. The predicted molar refractivity (Wildman–Crippen MR) is 76.1 cm³/mol. The molecule has 0 aromatic heterocycles. The van der Waals surface area contributed by atoms with E-state index in [4.69, 9.17) is 11.6 Å². The average molecular weight is 306 g/mol. The van der Waals surface area contributed by atoms with Gasteiger partial charge in [-0.1, -0.05) is 43.7 Å². The molecule has 1 fully saturated rings. The summed E-state index contributed by atoms with van der Waals surface area (Å²) in [6.45, 7) is 0.760. The lowest BCUT2D eigenvalue weighted by Gasteiger charge is -2.21. The molecular weight excluding hydrogens is 287 g/mol. The number of halogens is 4. The molecule has 5 heteroatoms. The summed E-state index contributed by atoms with van der Waals surface area (Å²) >= 11 is 5.89. The first-order valence-corrected chi connectivity index (χ1v) is 7.45. The number of benzene rings is 1. The van der Waals surface area contributed by atoms with Crippen LogP contribution in [0.25, 0.3) is 0 Å². The van der Waals surface area contributed by atoms with Gasteiger partial charge in [-0.2, -0.15) is 13.2 Å². The number of nitrogens with one attached hydrogen (secondary N) is 1. The molecule has 0 spiro atoms. The van der Waals surface area contributed by atoms with Crippen molar-refractivity contribution in [3.05, 3.63) is 28.8 Å². The van der Waals surface area contributed by atoms with Crippen molar-refractivity contribution in [2.24, 2.45) is 5.92 Å². The van der Waals surface area contributed by atoms with Crippen molar-refractivity contribution in [1.29, 1.82) is 0 Å². The fraction of sp³-hybridized carbons (Fsp3) is 0.600. The van der Waals surface area contributed by atoms with Gasteiger partial charge in [-0.15, -0.1) is 0 Å². The Hall–Kier alpha value is -0.900. The van der Waals surface area contributed by atoms with E-state index in [1.54, 1.807) is 0 Å². The first kappa shape index (κ1) is 15.5. The van der Waals surface area contributed by atoms with Crippen LogP contribution in [0.2, 0.25) is 5.02 Å². The fourth-order valence-corrected chi connectivity index (χ4v) is 2.97. The van der Waals surface area contributed by atoms with Gasteiger partial charge in [-0.05, 0) is 30.5 Å². The third-order valence-electron chi connectivity index (χ3n) is 3.89. The third-order valence-corrected chi connectivity index (χ3v) is 4.20. The van der Waals surface area contributed by atoms with Crippen LogP contribution in [0.4, 0.5) is 18.9 Å². The monoisotopic (exact) mass is 305 g/mol. The maximum Gasteiger partial charge on any atom is 0.416 e. The second-order valence-electron chi connectivity index (χ2n) is 5.41. The SMILES string of the molecule is FC(F)(F)c1ccc(NCCC2CCCCC2)c(Cl)c1. The minimum atomic E-state index is -4.34. The zero-order valence-corrected chi connectivity index (χ0v) is 12.0. The maximum absolute atomic E-state index is 12.5. The first-order valence-electron chi connectivity index (χ1n) is 7.07. The second kappa shape index (κ2) is 6.70. The van der Waals surface area contributed by atoms with Crippen molar-refractivity contribution in [2.75, 3.05) is 11.9 Å². The lowest BCUT2D eigenvalue weighted by atomic mass is 9.87. The van der Waals surface area contributed by atoms with Crippen molar-refractivity contribution < 1.29 is 13.2 Å². The van der Waals surface area contributed by atoms with Crippen LogP contribution < -0.4 is 5.32 Å². The number of alkyl halides is 3. The van der Waals surface area contributed by atoms with Crippen molar-refractivity contribution in [3.63, 3.8) is 0 Å². The summed E-state index contributed by atoms with van der Waals surface area (Å²) in [4.78, 5) is 0. The van der Waals surface area contributed by atoms with E-state index >= 15 is 0 Å². The number of anilines is 1. The summed E-state index contributed by atoms with van der Waals surface area (Å²) in [7, 11) is 0. The summed E-state index contributed by atoms with van der Waals surface area (Å²) in [5.74, 6) is 0.740. The fourth-order valence-electron chi connectivity index (χ4n) is 2.72. The molecule has 1 aliphatic rings. The van der Waals surface area contributed by atoms with Crippen LogP contribution in [0.3, 0.4) is 0 Å². The van der Waals surface area contributed by atoms with Crippen LogP contribution in [0.15, 0.2) is 18.2 Å². The van der Waals surface area contributed by atoms with Crippen molar-refractivity contribution in [1.82, 2.24) is 0 Å². The van der Waals surface area contributed by atoms with E-state index < -0.39 is 11.7 Å². The molecule has 0 heterocycles. The van der Waals surface area contributed by atoms with Crippen molar-refractivity contribution in [2.45, 2.75) is 44.7 Å². The normalized spacial score (nSPS) is 17.2. The van der Waals surface area contributed by atoms with Crippen LogP contribution in [-0.4, -0.2) is 6.54 Å². The van der Waals surface area contributed by atoms with Gasteiger partial charge >= 0.3 is 6.18 Å². The van der Waals surface area contributed by atoms with Gasteiger partial charge in [-0.3, -0.25) is 0 Å². The van der Waals surface area contributed by atoms with E-state index in [0.717, 1.165) is 31.0 Å². The molecule has 1 saturated carbocycles. The van der Waals surface area contributed by atoms with Crippen LogP contribution in [0, 0.1) is 5.92 Å². The summed E-state index contributed by atoms with van der Waals surface area (Å²) < 4.78 is 37.5. The Morgan fingerprint density at radius 3 is 2.45 bits per heavy atom. The molecule has 1 aromatic carbocycles. The number of rotatable bonds is 4. The van der Waals surface area contributed by atoms with E-state index in [-0.39, 0.29) is 5.02 Å². The highest BCUT2D eigenvalue weighted by Crippen LogP contribution is 2.34. The van der Waals surface area contributed by atoms with Crippen LogP contribution in [-0.2, 0) is 6.18 Å². The highest BCUT2D eigenvalue weighted by atomic mass is 35.5. The van der Waals surface area contributed by atoms with E-state index in [9.17, 15) is 13.2 Å². The molecule has 112 valence electrons. The molecule has 20 heavy (non-hydrogen) atoms. The first-order chi connectivity index (χ1) is 9.47. The van der Waals surface area contributed by atoms with Gasteiger partial charge in [0.15, 0.2) is 0 Å². The molecule has 1 aromatic rings. The predicted octanol–water partition coefficient (Wildman–Crippen LogP) is 5.74. The van der Waals surface area contributed by atoms with Crippen molar-refractivity contribution in [3.8, 4) is 0 Å². The highest BCUT2D eigenvalue weighted by Gasteiger charge is 2.30. The van der Waals surface area contributed by atoms with Gasteiger partial charge in [-0.25, -0.2) is 0 Å². The van der Waals surface area contributed by atoms with Gasteiger partial charge < -0.3 is 5.32 Å². The molecule has 1 nitrogen and oxygen atoms in total.